The number of carbonyl (C=O) groups is 1. The molecule has 0 radical (unpaired) electrons. The molecule has 0 aliphatic rings. The smallest absolute Gasteiger partial charge is 0.337 e. The SMILES string of the molecule is C=CCn1c(=O)c2c(ncn2C(C)C(=O)OCC)n(-c2ccc(C(C)C)cc2)c1=O. The van der Waals surface area contributed by atoms with Crippen molar-refractivity contribution in [2.45, 2.75) is 46.2 Å². The fourth-order valence-corrected chi connectivity index (χ4v) is 3.35. The molecule has 0 bridgehead atoms. The lowest BCUT2D eigenvalue weighted by Gasteiger charge is -2.15. The number of hydrogen-bond acceptors (Lipinski definition) is 5. The van der Waals surface area contributed by atoms with Gasteiger partial charge in [0, 0.05) is 6.54 Å². The summed E-state index contributed by atoms with van der Waals surface area (Å²) in [5.74, 6) is -0.138. The number of carbonyl (C=O) groups excluding carboxylic acids is 1. The zero-order valence-corrected chi connectivity index (χ0v) is 17.7. The third-order valence-corrected chi connectivity index (χ3v) is 5.03. The number of fused-ring (bicyclic) bond motifs is 1. The number of imidazole rings is 1. The van der Waals surface area contributed by atoms with Gasteiger partial charge in [0.05, 0.1) is 18.6 Å². The normalized spacial score (nSPS) is 12.3. The van der Waals surface area contributed by atoms with Gasteiger partial charge in [0.1, 0.15) is 6.04 Å². The van der Waals surface area contributed by atoms with E-state index in [1.54, 1.807) is 13.8 Å². The van der Waals surface area contributed by atoms with Crippen LogP contribution in [0.1, 0.15) is 45.2 Å². The first-order valence-electron chi connectivity index (χ1n) is 9.92. The number of ether oxygens (including phenoxy) is 1. The monoisotopic (exact) mass is 410 g/mol. The Bertz CT molecular complexity index is 1200. The molecule has 158 valence electrons. The quantitative estimate of drug-likeness (QED) is 0.441. The fraction of sp³-hybridized carbons (Fsp3) is 0.364. The second-order valence-electron chi connectivity index (χ2n) is 7.32. The Morgan fingerprint density at radius 1 is 1.20 bits per heavy atom. The van der Waals surface area contributed by atoms with Crippen LogP contribution in [0.25, 0.3) is 16.9 Å². The topological polar surface area (TPSA) is 88.1 Å². The molecule has 2 heterocycles. The van der Waals surface area contributed by atoms with Gasteiger partial charge >= 0.3 is 11.7 Å². The zero-order valence-electron chi connectivity index (χ0n) is 17.7. The van der Waals surface area contributed by atoms with E-state index in [4.69, 9.17) is 4.74 Å². The largest absolute Gasteiger partial charge is 0.464 e. The Hall–Kier alpha value is -3.42. The summed E-state index contributed by atoms with van der Waals surface area (Å²) in [4.78, 5) is 42.9. The van der Waals surface area contributed by atoms with E-state index in [-0.39, 0.29) is 24.3 Å². The lowest BCUT2D eigenvalue weighted by atomic mass is 10.0. The van der Waals surface area contributed by atoms with E-state index in [0.29, 0.717) is 11.6 Å². The molecule has 3 aromatic rings. The summed E-state index contributed by atoms with van der Waals surface area (Å²) in [7, 11) is 0. The first-order chi connectivity index (χ1) is 14.3. The minimum atomic E-state index is -0.769. The lowest BCUT2D eigenvalue weighted by Crippen LogP contribution is -2.40. The number of benzene rings is 1. The molecular weight excluding hydrogens is 384 g/mol. The minimum absolute atomic E-state index is 0.0383. The number of nitrogens with zero attached hydrogens (tertiary/aromatic N) is 4. The highest BCUT2D eigenvalue weighted by atomic mass is 16.5. The van der Waals surface area contributed by atoms with Crippen molar-refractivity contribution >= 4 is 17.1 Å². The van der Waals surface area contributed by atoms with Gasteiger partial charge in [-0.15, -0.1) is 6.58 Å². The summed E-state index contributed by atoms with van der Waals surface area (Å²) >= 11 is 0. The molecule has 1 aromatic carbocycles. The van der Waals surface area contributed by atoms with E-state index in [1.165, 1.54) is 21.5 Å². The van der Waals surface area contributed by atoms with E-state index in [0.717, 1.165) is 10.1 Å². The van der Waals surface area contributed by atoms with Crippen molar-refractivity contribution in [1.29, 1.82) is 0 Å². The van der Waals surface area contributed by atoms with Gasteiger partial charge < -0.3 is 9.30 Å². The molecule has 0 saturated heterocycles. The molecule has 8 nitrogen and oxygen atoms in total. The van der Waals surface area contributed by atoms with Crippen LogP contribution in [0.4, 0.5) is 0 Å². The van der Waals surface area contributed by atoms with Gasteiger partial charge in [0.15, 0.2) is 11.2 Å². The maximum absolute atomic E-state index is 13.2. The number of esters is 1. The van der Waals surface area contributed by atoms with Gasteiger partial charge in [-0.2, -0.15) is 0 Å². The molecule has 0 amide bonds. The predicted molar refractivity (Wildman–Crippen MR) is 115 cm³/mol. The zero-order chi connectivity index (χ0) is 22.0. The van der Waals surface area contributed by atoms with E-state index in [1.807, 2.05) is 24.3 Å². The van der Waals surface area contributed by atoms with Crippen LogP contribution in [0.15, 0.2) is 52.8 Å². The van der Waals surface area contributed by atoms with Crippen LogP contribution in [0.2, 0.25) is 0 Å². The Labute approximate surface area is 174 Å². The van der Waals surface area contributed by atoms with E-state index < -0.39 is 23.3 Å². The van der Waals surface area contributed by atoms with Crippen molar-refractivity contribution in [1.82, 2.24) is 18.7 Å². The molecule has 0 saturated carbocycles. The van der Waals surface area contributed by atoms with Crippen molar-refractivity contribution in [3.8, 4) is 5.69 Å². The molecule has 0 aliphatic carbocycles. The van der Waals surface area contributed by atoms with Crippen LogP contribution in [-0.2, 0) is 16.1 Å². The Morgan fingerprint density at radius 3 is 2.43 bits per heavy atom. The van der Waals surface area contributed by atoms with Gasteiger partial charge in [-0.05, 0) is 37.5 Å². The number of rotatable bonds is 7. The average Bonchev–Trinajstić information content (AvgIpc) is 3.16. The number of aromatic nitrogens is 4. The summed E-state index contributed by atoms with van der Waals surface area (Å²) < 4.78 is 9.01. The van der Waals surface area contributed by atoms with Gasteiger partial charge in [-0.3, -0.25) is 9.36 Å². The minimum Gasteiger partial charge on any atom is -0.464 e. The van der Waals surface area contributed by atoms with Crippen LogP contribution in [0.3, 0.4) is 0 Å². The van der Waals surface area contributed by atoms with Crippen molar-refractivity contribution in [3.05, 3.63) is 69.6 Å². The second-order valence-corrected chi connectivity index (χ2v) is 7.32. The van der Waals surface area contributed by atoms with Gasteiger partial charge in [-0.25, -0.2) is 19.1 Å². The van der Waals surface area contributed by atoms with Crippen LogP contribution >= 0.6 is 0 Å². The van der Waals surface area contributed by atoms with Gasteiger partial charge in [0.2, 0.25) is 0 Å². The molecule has 1 atom stereocenters. The summed E-state index contributed by atoms with van der Waals surface area (Å²) in [6.07, 6.45) is 2.88. The van der Waals surface area contributed by atoms with Crippen molar-refractivity contribution < 1.29 is 9.53 Å². The van der Waals surface area contributed by atoms with Crippen molar-refractivity contribution in [2.24, 2.45) is 0 Å². The maximum atomic E-state index is 13.2. The first-order valence-corrected chi connectivity index (χ1v) is 9.92. The molecule has 1 unspecified atom stereocenters. The maximum Gasteiger partial charge on any atom is 0.337 e. The van der Waals surface area contributed by atoms with Crippen molar-refractivity contribution in [2.75, 3.05) is 6.61 Å². The summed E-state index contributed by atoms with van der Waals surface area (Å²) in [6, 6.07) is 6.77. The summed E-state index contributed by atoms with van der Waals surface area (Å²) in [5.41, 5.74) is 1.02. The summed E-state index contributed by atoms with van der Waals surface area (Å²) in [5, 5.41) is 0. The molecule has 0 fully saturated rings. The average molecular weight is 410 g/mol. The number of allylic oxidation sites excluding steroid dienone is 1. The summed E-state index contributed by atoms with van der Waals surface area (Å²) in [6.45, 7) is 11.4. The van der Waals surface area contributed by atoms with Crippen LogP contribution in [0.5, 0.6) is 0 Å². The highest BCUT2D eigenvalue weighted by molar-refractivity contribution is 5.79. The Kier molecular flexibility index (Phi) is 6.05. The fourth-order valence-electron chi connectivity index (χ4n) is 3.35. The lowest BCUT2D eigenvalue weighted by molar-refractivity contribution is -0.146. The molecule has 0 aliphatic heterocycles. The second kappa shape index (κ2) is 8.52. The standard InChI is InChI=1S/C22H26N4O4/c1-6-12-24-20(27)18-19(23-13-25(18)15(5)21(28)30-7-2)26(22(24)29)17-10-8-16(9-11-17)14(3)4/h6,8-11,13-15H,1,7,12H2,2-5H3. The molecule has 0 spiro atoms. The highest BCUT2D eigenvalue weighted by Crippen LogP contribution is 2.20. The molecule has 0 N–H and O–H groups in total. The third kappa shape index (κ3) is 3.60. The Morgan fingerprint density at radius 2 is 1.87 bits per heavy atom. The van der Waals surface area contributed by atoms with E-state index in [9.17, 15) is 14.4 Å². The van der Waals surface area contributed by atoms with E-state index >= 15 is 0 Å². The van der Waals surface area contributed by atoms with Gasteiger partial charge in [-0.1, -0.05) is 32.1 Å². The molecule has 8 heteroatoms. The highest BCUT2D eigenvalue weighted by Gasteiger charge is 2.24. The number of hydrogen-bond donors (Lipinski definition) is 0. The molecular formula is C22H26N4O4. The van der Waals surface area contributed by atoms with Gasteiger partial charge in [0.25, 0.3) is 5.56 Å². The Balaban J connectivity index is 2.32. The molecule has 2 aromatic heterocycles. The molecule has 3 rings (SSSR count). The van der Waals surface area contributed by atoms with Crippen LogP contribution in [0, 0.1) is 0 Å². The van der Waals surface area contributed by atoms with Crippen molar-refractivity contribution in [3.63, 3.8) is 0 Å². The van der Waals surface area contributed by atoms with Crippen LogP contribution < -0.4 is 11.2 Å². The first kappa shape index (κ1) is 21.3. The molecule has 30 heavy (non-hydrogen) atoms. The van der Waals surface area contributed by atoms with E-state index in [2.05, 4.69) is 25.4 Å². The predicted octanol–water partition coefficient (Wildman–Crippen LogP) is 2.78. The van der Waals surface area contributed by atoms with Crippen LogP contribution in [-0.4, -0.2) is 31.3 Å². The third-order valence-electron chi connectivity index (χ3n) is 5.03.